The predicted octanol–water partition coefficient (Wildman–Crippen LogP) is 2.99. The van der Waals surface area contributed by atoms with Gasteiger partial charge in [0.15, 0.2) is 5.13 Å². The van der Waals surface area contributed by atoms with Crippen LogP contribution in [0.4, 0.5) is 18.3 Å². The number of hydrogen-bond acceptors (Lipinski definition) is 5. The molecule has 2 aromatic rings. The van der Waals surface area contributed by atoms with Gasteiger partial charge in [-0.2, -0.15) is 18.3 Å². The van der Waals surface area contributed by atoms with Crippen LogP contribution >= 0.6 is 11.3 Å². The van der Waals surface area contributed by atoms with Gasteiger partial charge in [-0.1, -0.05) is 11.3 Å². The Morgan fingerprint density at radius 1 is 1.43 bits per heavy atom. The number of aliphatic hydroxyl groups excluding tert-OH is 1. The maximum atomic E-state index is 12.7. The van der Waals surface area contributed by atoms with Crippen molar-refractivity contribution >= 4 is 16.5 Å². The van der Waals surface area contributed by atoms with Gasteiger partial charge in [-0.25, -0.2) is 4.98 Å². The molecule has 1 N–H and O–H groups in total. The molecule has 1 saturated heterocycles. The summed E-state index contributed by atoms with van der Waals surface area (Å²) in [6.07, 6.45) is 1.35. The average molecular weight is 346 g/mol. The van der Waals surface area contributed by atoms with Gasteiger partial charge in [-0.05, 0) is 19.3 Å². The molecule has 0 bridgehead atoms. The highest BCUT2D eigenvalue weighted by Crippen LogP contribution is 2.39. The first-order valence-corrected chi connectivity index (χ1v) is 8.12. The summed E-state index contributed by atoms with van der Waals surface area (Å²) >= 11 is 0.660. The molecule has 1 fully saturated rings. The summed E-state index contributed by atoms with van der Waals surface area (Å²) in [6, 6.07) is -0.0163. The fraction of sp³-hybridized carbons (Fsp3) is 0.571. The number of nitrogens with zero attached hydrogens (tertiary/aromatic N) is 4. The van der Waals surface area contributed by atoms with E-state index in [1.54, 1.807) is 24.1 Å². The maximum Gasteiger partial charge on any atom is 0.427 e. The lowest BCUT2D eigenvalue weighted by molar-refractivity contribution is -0.134. The van der Waals surface area contributed by atoms with Gasteiger partial charge in [0, 0.05) is 31.4 Å². The molecule has 3 rings (SSSR count). The molecular formula is C14H17F3N4OS. The van der Waals surface area contributed by atoms with Crippen LogP contribution in [0.2, 0.25) is 0 Å². The zero-order chi connectivity index (χ0) is 16.6. The van der Waals surface area contributed by atoms with Gasteiger partial charge in [-0.15, -0.1) is 0 Å². The van der Waals surface area contributed by atoms with E-state index in [1.165, 1.54) is 0 Å². The van der Waals surface area contributed by atoms with Crippen LogP contribution in [0, 0.1) is 0 Å². The lowest BCUT2D eigenvalue weighted by Gasteiger charge is -2.25. The Hall–Kier alpha value is -1.61. The largest absolute Gasteiger partial charge is 0.427 e. The Morgan fingerprint density at radius 3 is 2.83 bits per heavy atom. The van der Waals surface area contributed by atoms with Crippen LogP contribution in [0.15, 0.2) is 18.6 Å². The van der Waals surface area contributed by atoms with E-state index in [0.29, 0.717) is 29.4 Å². The number of thiazole rings is 1. The van der Waals surface area contributed by atoms with E-state index >= 15 is 0 Å². The van der Waals surface area contributed by atoms with Gasteiger partial charge in [-0.3, -0.25) is 4.68 Å². The minimum absolute atomic E-state index is 0.0163. The Balaban J connectivity index is 1.71. The van der Waals surface area contributed by atoms with Crippen molar-refractivity contribution in [3.8, 4) is 0 Å². The van der Waals surface area contributed by atoms with Crippen LogP contribution in [-0.2, 0) is 13.2 Å². The molecule has 126 valence electrons. The van der Waals surface area contributed by atoms with Crippen molar-refractivity contribution in [1.29, 1.82) is 0 Å². The van der Waals surface area contributed by atoms with Crippen molar-refractivity contribution in [2.75, 3.05) is 11.4 Å². The number of aromatic nitrogens is 3. The first kappa shape index (κ1) is 16.3. The molecule has 3 heterocycles. The Bertz CT molecular complexity index is 669. The molecule has 2 atom stereocenters. The summed E-state index contributed by atoms with van der Waals surface area (Å²) in [4.78, 5) is 5.11. The van der Waals surface area contributed by atoms with Crippen molar-refractivity contribution in [1.82, 2.24) is 14.8 Å². The number of hydrogen-bond donors (Lipinski definition) is 1. The van der Waals surface area contributed by atoms with E-state index in [-0.39, 0.29) is 6.04 Å². The Labute approximate surface area is 135 Å². The minimum atomic E-state index is -4.36. The first-order valence-electron chi connectivity index (χ1n) is 7.31. The van der Waals surface area contributed by atoms with Crippen molar-refractivity contribution < 1.29 is 18.3 Å². The quantitative estimate of drug-likeness (QED) is 0.925. The number of anilines is 1. The van der Waals surface area contributed by atoms with E-state index in [0.717, 1.165) is 24.6 Å². The number of alkyl halides is 3. The maximum absolute atomic E-state index is 12.7. The summed E-state index contributed by atoms with van der Waals surface area (Å²) in [5.74, 6) is 0. The first-order chi connectivity index (χ1) is 10.8. The van der Waals surface area contributed by atoms with Crippen molar-refractivity contribution in [3.63, 3.8) is 0 Å². The molecule has 0 radical (unpaired) electrons. The molecular weight excluding hydrogens is 329 g/mol. The molecule has 0 spiro atoms. The van der Waals surface area contributed by atoms with Crippen LogP contribution in [0.1, 0.15) is 35.8 Å². The smallest absolute Gasteiger partial charge is 0.388 e. The topological polar surface area (TPSA) is 54.2 Å². The van der Waals surface area contributed by atoms with Crippen LogP contribution in [0.5, 0.6) is 0 Å². The van der Waals surface area contributed by atoms with Crippen molar-refractivity contribution in [2.24, 2.45) is 7.05 Å². The van der Waals surface area contributed by atoms with Gasteiger partial charge < -0.3 is 10.0 Å². The lowest BCUT2D eigenvalue weighted by atomic mass is 10.0. The van der Waals surface area contributed by atoms with E-state index in [9.17, 15) is 18.3 Å². The van der Waals surface area contributed by atoms with Gasteiger partial charge in [0.25, 0.3) is 0 Å². The highest BCUT2D eigenvalue weighted by Gasteiger charge is 2.36. The zero-order valence-electron chi connectivity index (χ0n) is 12.5. The Morgan fingerprint density at radius 2 is 2.22 bits per heavy atom. The average Bonchev–Trinajstić information content (AvgIpc) is 3.15. The van der Waals surface area contributed by atoms with Gasteiger partial charge in [0.1, 0.15) is 4.88 Å². The number of aliphatic hydroxyl groups is 1. The van der Waals surface area contributed by atoms with Crippen LogP contribution in [0.25, 0.3) is 0 Å². The van der Waals surface area contributed by atoms with Gasteiger partial charge >= 0.3 is 6.18 Å². The molecule has 9 heteroatoms. The molecule has 0 aliphatic carbocycles. The third-order valence-electron chi connectivity index (χ3n) is 4.00. The van der Waals surface area contributed by atoms with Crippen LogP contribution in [-0.4, -0.2) is 32.5 Å². The van der Waals surface area contributed by atoms with Crippen LogP contribution < -0.4 is 4.90 Å². The van der Waals surface area contributed by atoms with Gasteiger partial charge in [0.2, 0.25) is 0 Å². The molecule has 5 nitrogen and oxygen atoms in total. The van der Waals surface area contributed by atoms with E-state index in [4.69, 9.17) is 0 Å². The second kappa shape index (κ2) is 6.12. The minimum Gasteiger partial charge on any atom is -0.388 e. The van der Waals surface area contributed by atoms with Crippen LogP contribution in [0.3, 0.4) is 0 Å². The molecule has 23 heavy (non-hydrogen) atoms. The predicted molar refractivity (Wildman–Crippen MR) is 80.3 cm³/mol. The second-order valence-corrected chi connectivity index (χ2v) is 6.70. The molecule has 0 aromatic carbocycles. The van der Waals surface area contributed by atoms with E-state index < -0.39 is 17.2 Å². The molecule has 1 aliphatic rings. The van der Waals surface area contributed by atoms with Crippen molar-refractivity contribution in [2.45, 2.75) is 37.6 Å². The third-order valence-corrected chi connectivity index (χ3v) is 5.08. The molecule has 0 amide bonds. The normalized spacial score (nSPS) is 20.2. The highest BCUT2D eigenvalue weighted by molar-refractivity contribution is 7.15. The summed E-state index contributed by atoms with van der Waals surface area (Å²) < 4.78 is 39.8. The van der Waals surface area contributed by atoms with E-state index in [1.807, 2.05) is 4.90 Å². The summed E-state index contributed by atoms with van der Waals surface area (Å²) in [5, 5.41) is 14.7. The molecule has 1 aliphatic heterocycles. The second-order valence-electron chi connectivity index (χ2n) is 5.69. The zero-order valence-corrected chi connectivity index (χ0v) is 13.3. The lowest BCUT2D eigenvalue weighted by Crippen LogP contribution is -2.30. The monoisotopic (exact) mass is 346 g/mol. The standard InChI is InChI=1S/C14H17F3N4OS/c1-20-8-9(6-19-20)11(22)5-10-3-2-4-21(10)13-18-7-12(23-13)14(15,16)17/h6-8,10-11,22H,2-5H2,1H3/t10-,11+/m0/s1. The fourth-order valence-corrected chi connectivity index (χ4v) is 3.75. The highest BCUT2D eigenvalue weighted by atomic mass is 32.1. The summed E-state index contributed by atoms with van der Waals surface area (Å²) in [7, 11) is 1.77. The molecule has 0 saturated carbocycles. The van der Waals surface area contributed by atoms with Gasteiger partial charge in [0.05, 0.1) is 18.5 Å². The summed E-state index contributed by atoms with van der Waals surface area (Å²) in [6.45, 7) is 0.662. The number of rotatable bonds is 4. The summed E-state index contributed by atoms with van der Waals surface area (Å²) in [5.41, 5.74) is 0.717. The number of halogens is 3. The van der Waals surface area contributed by atoms with Crippen molar-refractivity contribution in [3.05, 3.63) is 29.0 Å². The fourth-order valence-electron chi connectivity index (χ4n) is 2.87. The molecule has 2 aromatic heterocycles. The third kappa shape index (κ3) is 3.50. The molecule has 0 unspecified atom stereocenters. The number of aryl methyl sites for hydroxylation is 1. The SMILES string of the molecule is Cn1cc([C@H](O)C[C@@H]2CCCN2c2ncc(C(F)(F)F)s2)cn1. The Kier molecular flexibility index (Phi) is 4.33. The van der Waals surface area contributed by atoms with E-state index in [2.05, 4.69) is 10.1 Å².